The minimum absolute atomic E-state index is 0.0127. The topological polar surface area (TPSA) is 156 Å². The molecule has 0 bridgehead atoms. The van der Waals surface area contributed by atoms with Crippen LogP contribution in [0.15, 0.2) is 56.9 Å². The fourth-order valence-electron chi connectivity index (χ4n) is 4.74. The van der Waals surface area contributed by atoms with Crippen LogP contribution in [-0.2, 0) is 22.6 Å². The molecule has 0 amide bonds. The second-order valence-electron chi connectivity index (χ2n) is 9.76. The number of nitrogens with two attached hydrogens (primary N) is 1. The summed E-state index contributed by atoms with van der Waals surface area (Å²) in [5, 5.41) is 26.6. The molecule has 1 aromatic heterocycles. The standard InChI is InChI=1S/C28H35N3O7/c1-4-17(8-10-30-3)27(35)37-23-12-19-21(13-22-25(26(19)34)20(33)11-18(15-32)36-22)38-28(23,2)9-7-16-5-6-24(29)31-14-16/h4-6,11,13-14,23-24,30-32,34H,7-10,12,15,29H2,1-3H3. The molecule has 10 heteroatoms. The number of aliphatic hydroxyl groups excluding tert-OH is 1. The summed E-state index contributed by atoms with van der Waals surface area (Å²) in [6, 6.07) is 2.69. The van der Waals surface area contributed by atoms with Crippen LogP contribution >= 0.6 is 0 Å². The molecule has 1 aromatic carbocycles. The number of allylic oxidation sites excluding steroid dienone is 3. The first kappa shape index (κ1) is 27.4. The average Bonchev–Trinajstić information content (AvgIpc) is 2.89. The number of phenols is 1. The molecule has 0 saturated carbocycles. The van der Waals surface area contributed by atoms with E-state index in [0.717, 1.165) is 11.6 Å². The Hall–Kier alpha value is -3.60. The van der Waals surface area contributed by atoms with Crippen LogP contribution < -0.4 is 26.5 Å². The van der Waals surface area contributed by atoms with E-state index in [1.807, 2.05) is 32.3 Å². The molecule has 0 radical (unpaired) electrons. The van der Waals surface area contributed by atoms with Gasteiger partial charge >= 0.3 is 5.97 Å². The first-order chi connectivity index (χ1) is 18.2. The highest BCUT2D eigenvalue weighted by Crippen LogP contribution is 2.44. The average molecular weight is 526 g/mol. The zero-order valence-electron chi connectivity index (χ0n) is 21.9. The van der Waals surface area contributed by atoms with Gasteiger partial charge in [0.25, 0.3) is 0 Å². The zero-order chi connectivity index (χ0) is 27.4. The van der Waals surface area contributed by atoms with Gasteiger partial charge in [-0.15, -0.1) is 0 Å². The second-order valence-corrected chi connectivity index (χ2v) is 9.76. The first-order valence-electron chi connectivity index (χ1n) is 12.7. The molecule has 2 aliphatic heterocycles. The van der Waals surface area contributed by atoms with Crippen molar-refractivity contribution in [2.24, 2.45) is 5.73 Å². The predicted octanol–water partition coefficient (Wildman–Crippen LogP) is 2.26. The summed E-state index contributed by atoms with van der Waals surface area (Å²) >= 11 is 0. The fraction of sp³-hybridized carbons (Fsp3) is 0.429. The minimum Gasteiger partial charge on any atom is -0.507 e. The van der Waals surface area contributed by atoms with Crippen molar-refractivity contribution in [3.8, 4) is 11.5 Å². The van der Waals surface area contributed by atoms with Crippen LogP contribution in [0.5, 0.6) is 11.5 Å². The Labute approximate surface area is 220 Å². The quantitative estimate of drug-likeness (QED) is 0.243. The van der Waals surface area contributed by atoms with E-state index in [-0.39, 0.29) is 35.1 Å². The molecule has 4 rings (SSSR count). The van der Waals surface area contributed by atoms with Crippen LogP contribution in [0.25, 0.3) is 11.0 Å². The van der Waals surface area contributed by atoms with Gasteiger partial charge in [0.15, 0.2) is 5.43 Å². The highest BCUT2D eigenvalue weighted by atomic mass is 16.6. The van der Waals surface area contributed by atoms with Gasteiger partial charge in [0.2, 0.25) is 0 Å². The molecule has 0 saturated heterocycles. The molecule has 0 spiro atoms. The fourth-order valence-corrected chi connectivity index (χ4v) is 4.74. The number of hydrogen-bond acceptors (Lipinski definition) is 10. The number of aromatic hydroxyl groups is 1. The van der Waals surface area contributed by atoms with Gasteiger partial charge in [-0.2, -0.15) is 0 Å². The lowest BCUT2D eigenvalue weighted by molar-refractivity contribution is -0.159. The number of nitrogens with one attached hydrogen (secondary N) is 2. The van der Waals surface area contributed by atoms with E-state index >= 15 is 0 Å². The highest BCUT2D eigenvalue weighted by molar-refractivity contribution is 5.89. The van der Waals surface area contributed by atoms with Crippen molar-refractivity contribution in [2.45, 2.75) is 64.0 Å². The summed E-state index contributed by atoms with van der Waals surface area (Å²) < 4.78 is 18.1. The van der Waals surface area contributed by atoms with E-state index in [1.165, 1.54) is 0 Å². The van der Waals surface area contributed by atoms with Crippen molar-refractivity contribution in [1.82, 2.24) is 10.6 Å². The SMILES string of the molecule is CC=C(CCNC)C(=O)OC1Cc2c(cc3oc(CO)cc(=O)c3c2O)OC1(C)CCC1=CNC(N)C=C1. The van der Waals surface area contributed by atoms with Gasteiger partial charge in [-0.25, -0.2) is 4.79 Å². The molecular weight excluding hydrogens is 490 g/mol. The Morgan fingerprint density at radius 3 is 2.84 bits per heavy atom. The van der Waals surface area contributed by atoms with Gasteiger partial charge in [0.05, 0.1) is 6.17 Å². The number of benzene rings is 1. The molecule has 38 heavy (non-hydrogen) atoms. The van der Waals surface area contributed by atoms with Crippen molar-refractivity contribution in [3.05, 3.63) is 69.3 Å². The molecule has 0 fully saturated rings. The molecule has 2 aromatic rings. The lowest BCUT2D eigenvalue weighted by Gasteiger charge is -2.42. The number of carbonyl (C=O) groups is 1. The maximum atomic E-state index is 13.1. The van der Waals surface area contributed by atoms with E-state index in [1.54, 1.807) is 19.1 Å². The molecule has 2 aliphatic rings. The molecular formula is C28H35N3O7. The molecule has 204 valence electrons. The van der Waals surface area contributed by atoms with Crippen molar-refractivity contribution in [2.75, 3.05) is 13.6 Å². The van der Waals surface area contributed by atoms with Crippen LogP contribution in [0, 0.1) is 0 Å². The number of aliphatic hydroxyl groups is 1. The van der Waals surface area contributed by atoms with E-state index in [2.05, 4.69) is 10.6 Å². The van der Waals surface area contributed by atoms with Crippen molar-refractivity contribution >= 4 is 16.9 Å². The van der Waals surface area contributed by atoms with Crippen LogP contribution in [0.2, 0.25) is 0 Å². The second kappa shape index (κ2) is 11.4. The monoisotopic (exact) mass is 525 g/mol. The molecule has 3 heterocycles. The molecule has 3 atom stereocenters. The zero-order valence-corrected chi connectivity index (χ0v) is 21.9. The van der Waals surface area contributed by atoms with Gasteiger partial charge in [-0.3, -0.25) is 4.79 Å². The summed E-state index contributed by atoms with van der Waals surface area (Å²) in [6.07, 6.45) is 8.13. The largest absolute Gasteiger partial charge is 0.507 e. The van der Waals surface area contributed by atoms with E-state index in [4.69, 9.17) is 19.6 Å². The predicted molar refractivity (Wildman–Crippen MR) is 143 cm³/mol. The van der Waals surface area contributed by atoms with Crippen LogP contribution in [-0.4, -0.2) is 47.6 Å². The number of esters is 1. The lowest BCUT2D eigenvalue weighted by Crippen LogP contribution is -2.51. The van der Waals surface area contributed by atoms with E-state index in [0.29, 0.717) is 42.7 Å². The highest BCUT2D eigenvalue weighted by Gasteiger charge is 2.45. The Morgan fingerprint density at radius 2 is 2.18 bits per heavy atom. The van der Waals surface area contributed by atoms with Gasteiger partial charge in [-0.05, 0) is 58.4 Å². The van der Waals surface area contributed by atoms with Crippen molar-refractivity contribution in [1.29, 1.82) is 0 Å². The maximum absolute atomic E-state index is 13.1. The summed E-state index contributed by atoms with van der Waals surface area (Å²) in [4.78, 5) is 25.8. The van der Waals surface area contributed by atoms with Crippen LogP contribution in [0.4, 0.5) is 0 Å². The number of ether oxygens (including phenoxy) is 2. The van der Waals surface area contributed by atoms with Gasteiger partial charge in [-0.1, -0.05) is 12.2 Å². The van der Waals surface area contributed by atoms with Crippen molar-refractivity contribution in [3.63, 3.8) is 0 Å². The van der Waals surface area contributed by atoms with Crippen LogP contribution in [0.3, 0.4) is 0 Å². The van der Waals surface area contributed by atoms with E-state index in [9.17, 15) is 19.8 Å². The smallest absolute Gasteiger partial charge is 0.334 e. The summed E-state index contributed by atoms with van der Waals surface area (Å²) in [6.45, 7) is 3.81. The number of hydrogen-bond donors (Lipinski definition) is 5. The van der Waals surface area contributed by atoms with Crippen LogP contribution in [0.1, 0.15) is 44.4 Å². The summed E-state index contributed by atoms with van der Waals surface area (Å²) in [5.74, 6) is -0.327. The van der Waals surface area contributed by atoms with Gasteiger partial charge in [0.1, 0.15) is 46.5 Å². The van der Waals surface area contributed by atoms with E-state index < -0.39 is 29.7 Å². The number of carbonyl (C=O) groups excluding carboxylic acids is 1. The Kier molecular flexibility index (Phi) is 8.25. The summed E-state index contributed by atoms with van der Waals surface area (Å²) in [5.41, 5.74) is 6.41. The minimum atomic E-state index is -0.965. The number of fused-ring (bicyclic) bond motifs is 2. The maximum Gasteiger partial charge on any atom is 0.334 e. The number of rotatable bonds is 9. The molecule has 6 N–H and O–H groups in total. The third-order valence-electron chi connectivity index (χ3n) is 7.07. The molecule has 0 aliphatic carbocycles. The summed E-state index contributed by atoms with van der Waals surface area (Å²) in [7, 11) is 1.81. The number of phenolic OH excluding ortho intramolecular Hbond substituents is 1. The number of dihydropyridines is 1. The molecule has 3 unspecified atom stereocenters. The first-order valence-corrected chi connectivity index (χ1v) is 12.7. The van der Waals surface area contributed by atoms with Crippen molar-refractivity contribution < 1.29 is 28.9 Å². The lowest BCUT2D eigenvalue weighted by atomic mass is 9.83. The van der Waals surface area contributed by atoms with Gasteiger partial charge in [0, 0.05) is 35.9 Å². The Bertz CT molecular complexity index is 1360. The molecule has 10 nitrogen and oxygen atoms in total. The Balaban J connectivity index is 1.71. The van der Waals surface area contributed by atoms with Gasteiger partial charge < -0.3 is 40.5 Å². The third-order valence-corrected chi connectivity index (χ3v) is 7.07. The normalized spacial score (nSPS) is 22.9. The third kappa shape index (κ3) is 5.62. The Morgan fingerprint density at radius 1 is 1.39 bits per heavy atom.